The van der Waals surface area contributed by atoms with Gasteiger partial charge in [0.15, 0.2) is 0 Å². The fourth-order valence-electron chi connectivity index (χ4n) is 2.52. The van der Waals surface area contributed by atoms with Crippen LogP contribution >= 0.6 is 0 Å². The van der Waals surface area contributed by atoms with Gasteiger partial charge in [-0.15, -0.1) is 0 Å². The maximum Gasteiger partial charge on any atom is 0.0675 e. The predicted molar refractivity (Wildman–Crippen MR) is 58.3 cm³/mol. The Hall–Kier alpha value is -0.0800. The van der Waals surface area contributed by atoms with Gasteiger partial charge in [-0.2, -0.15) is 0 Å². The highest BCUT2D eigenvalue weighted by atomic mass is 16.5. The summed E-state index contributed by atoms with van der Waals surface area (Å²) < 4.78 is 5.31. The topological polar surface area (TPSA) is 29.5 Å². The summed E-state index contributed by atoms with van der Waals surface area (Å²) in [6.45, 7) is 4.36. The molecular weight excluding hydrogens is 176 g/mol. The Morgan fingerprint density at radius 1 is 1.43 bits per heavy atom. The summed E-state index contributed by atoms with van der Waals surface area (Å²) in [6, 6.07) is 0. The van der Waals surface area contributed by atoms with Gasteiger partial charge in [-0.25, -0.2) is 0 Å². The van der Waals surface area contributed by atoms with Crippen LogP contribution in [0.5, 0.6) is 0 Å². The first-order valence-electron chi connectivity index (χ1n) is 5.87. The monoisotopic (exact) mass is 200 g/mol. The Labute approximate surface area is 87.7 Å². The molecule has 1 atom stereocenters. The van der Waals surface area contributed by atoms with E-state index in [1.54, 1.807) is 7.11 Å². The van der Waals surface area contributed by atoms with E-state index in [0.29, 0.717) is 12.0 Å². The summed E-state index contributed by atoms with van der Waals surface area (Å²) in [5, 5.41) is 10.4. The van der Waals surface area contributed by atoms with Crippen LogP contribution in [0.1, 0.15) is 52.4 Å². The minimum Gasteiger partial charge on any atom is -0.390 e. The number of rotatable bonds is 4. The quantitative estimate of drug-likeness (QED) is 0.756. The molecule has 1 saturated carbocycles. The fraction of sp³-hybridized carbons (Fsp3) is 1.00. The van der Waals surface area contributed by atoms with Crippen LogP contribution in [-0.2, 0) is 4.74 Å². The molecular formula is C12H24O2. The van der Waals surface area contributed by atoms with Gasteiger partial charge in [0.2, 0.25) is 0 Å². The highest BCUT2D eigenvalue weighted by Crippen LogP contribution is 2.37. The fourth-order valence-corrected chi connectivity index (χ4v) is 2.52. The third kappa shape index (κ3) is 2.71. The molecule has 0 radical (unpaired) electrons. The Morgan fingerprint density at radius 3 is 2.43 bits per heavy atom. The zero-order valence-corrected chi connectivity index (χ0v) is 9.75. The minimum absolute atomic E-state index is 0.379. The van der Waals surface area contributed by atoms with E-state index in [0.717, 1.165) is 38.5 Å². The molecule has 0 spiro atoms. The van der Waals surface area contributed by atoms with Gasteiger partial charge < -0.3 is 9.84 Å². The molecule has 0 heterocycles. The highest BCUT2D eigenvalue weighted by molar-refractivity contribution is 4.89. The van der Waals surface area contributed by atoms with Crippen LogP contribution in [0.2, 0.25) is 0 Å². The van der Waals surface area contributed by atoms with E-state index in [4.69, 9.17) is 4.74 Å². The van der Waals surface area contributed by atoms with Gasteiger partial charge >= 0.3 is 0 Å². The maximum absolute atomic E-state index is 10.4. The first-order chi connectivity index (χ1) is 6.62. The molecule has 1 unspecified atom stereocenters. The van der Waals surface area contributed by atoms with Crippen molar-refractivity contribution in [3.63, 3.8) is 0 Å². The SMILES string of the molecule is CCCC(C)C1(O)CCC(OC)CC1. The zero-order valence-electron chi connectivity index (χ0n) is 9.75. The van der Waals surface area contributed by atoms with Crippen molar-refractivity contribution in [3.8, 4) is 0 Å². The average Bonchev–Trinajstić information content (AvgIpc) is 2.19. The third-order valence-electron chi connectivity index (χ3n) is 3.77. The van der Waals surface area contributed by atoms with Gasteiger partial charge in [0.25, 0.3) is 0 Å². The second-order valence-electron chi connectivity index (χ2n) is 4.73. The molecule has 0 aromatic rings. The van der Waals surface area contributed by atoms with Gasteiger partial charge in [-0.3, -0.25) is 0 Å². The summed E-state index contributed by atoms with van der Waals surface area (Å²) in [7, 11) is 1.77. The minimum atomic E-state index is -0.412. The summed E-state index contributed by atoms with van der Waals surface area (Å²) in [6.07, 6.45) is 6.52. The molecule has 0 aromatic carbocycles. The summed E-state index contributed by atoms with van der Waals surface area (Å²) in [4.78, 5) is 0. The Balaban J connectivity index is 2.43. The van der Waals surface area contributed by atoms with Gasteiger partial charge in [0, 0.05) is 7.11 Å². The molecule has 14 heavy (non-hydrogen) atoms. The summed E-state index contributed by atoms with van der Waals surface area (Å²) in [5.41, 5.74) is -0.412. The summed E-state index contributed by atoms with van der Waals surface area (Å²) in [5.74, 6) is 0.435. The van der Waals surface area contributed by atoms with Crippen molar-refractivity contribution in [3.05, 3.63) is 0 Å². The van der Waals surface area contributed by atoms with E-state index < -0.39 is 5.60 Å². The molecule has 0 bridgehead atoms. The van der Waals surface area contributed by atoms with Crippen LogP contribution < -0.4 is 0 Å². The number of aliphatic hydroxyl groups is 1. The molecule has 1 aliphatic carbocycles. The molecule has 0 aromatic heterocycles. The average molecular weight is 200 g/mol. The van der Waals surface area contributed by atoms with Crippen LogP contribution in [0.4, 0.5) is 0 Å². The van der Waals surface area contributed by atoms with Crippen molar-refractivity contribution in [2.75, 3.05) is 7.11 Å². The predicted octanol–water partition coefficient (Wildman–Crippen LogP) is 2.74. The number of hydrogen-bond acceptors (Lipinski definition) is 2. The van der Waals surface area contributed by atoms with E-state index in [1.165, 1.54) is 0 Å². The lowest BCUT2D eigenvalue weighted by Crippen LogP contribution is -2.41. The molecule has 0 amide bonds. The van der Waals surface area contributed by atoms with Crippen molar-refractivity contribution in [1.29, 1.82) is 0 Å². The number of hydrogen-bond donors (Lipinski definition) is 1. The van der Waals surface area contributed by atoms with Crippen LogP contribution in [0.15, 0.2) is 0 Å². The zero-order chi connectivity index (χ0) is 10.6. The van der Waals surface area contributed by atoms with Gasteiger partial charge in [-0.05, 0) is 38.0 Å². The molecule has 0 saturated heterocycles. The van der Waals surface area contributed by atoms with Gasteiger partial charge in [0.05, 0.1) is 11.7 Å². The lowest BCUT2D eigenvalue weighted by atomic mass is 9.74. The Morgan fingerprint density at radius 2 is 2.00 bits per heavy atom. The van der Waals surface area contributed by atoms with E-state index in [2.05, 4.69) is 13.8 Å². The molecule has 2 nitrogen and oxygen atoms in total. The van der Waals surface area contributed by atoms with E-state index >= 15 is 0 Å². The maximum atomic E-state index is 10.4. The first-order valence-corrected chi connectivity index (χ1v) is 5.87. The molecule has 1 fully saturated rings. The lowest BCUT2D eigenvalue weighted by molar-refractivity contribution is -0.0780. The third-order valence-corrected chi connectivity index (χ3v) is 3.77. The van der Waals surface area contributed by atoms with Crippen molar-refractivity contribution >= 4 is 0 Å². The van der Waals surface area contributed by atoms with Crippen molar-refractivity contribution in [1.82, 2.24) is 0 Å². The van der Waals surface area contributed by atoms with Crippen molar-refractivity contribution in [2.45, 2.75) is 64.1 Å². The highest BCUT2D eigenvalue weighted by Gasteiger charge is 2.37. The van der Waals surface area contributed by atoms with E-state index in [9.17, 15) is 5.11 Å². The Bertz CT molecular complexity index is 160. The van der Waals surface area contributed by atoms with Crippen molar-refractivity contribution in [2.24, 2.45) is 5.92 Å². The smallest absolute Gasteiger partial charge is 0.0675 e. The van der Waals surface area contributed by atoms with Crippen LogP contribution in [-0.4, -0.2) is 23.9 Å². The van der Waals surface area contributed by atoms with Crippen molar-refractivity contribution < 1.29 is 9.84 Å². The van der Waals surface area contributed by atoms with Crippen LogP contribution in [0, 0.1) is 5.92 Å². The molecule has 0 aliphatic heterocycles. The van der Waals surface area contributed by atoms with Crippen LogP contribution in [0.3, 0.4) is 0 Å². The van der Waals surface area contributed by atoms with Gasteiger partial charge in [0.1, 0.15) is 0 Å². The molecule has 1 rings (SSSR count). The number of ether oxygens (including phenoxy) is 1. The van der Waals surface area contributed by atoms with E-state index in [1.807, 2.05) is 0 Å². The molecule has 84 valence electrons. The van der Waals surface area contributed by atoms with E-state index in [-0.39, 0.29) is 0 Å². The molecule has 2 heteroatoms. The largest absolute Gasteiger partial charge is 0.390 e. The van der Waals surface area contributed by atoms with Crippen LogP contribution in [0.25, 0.3) is 0 Å². The Kier molecular flexibility index (Phi) is 4.39. The second kappa shape index (κ2) is 5.13. The second-order valence-corrected chi connectivity index (χ2v) is 4.73. The standard InChI is InChI=1S/C12H24O2/c1-4-5-10(2)12(13)8-6-11(14-3)7-9-12/h10-11,13H,4-9H2,1-3H3. The lowest BCUT2D eigenvalue weighted by Gasteiger charge is -2.40. The van der Waals surface area contributed by atoms with Gasteiger partial charge in [-0.1, -0.05) is 20.3 Å². The number of methoxy groups -OCH3 is 1. The summed E-state index contributed by atoms with van der Waals surface area (Å²) >= 11 is 0. The molecule has 1 N–H and O–H groups in total. The first kappa shape index (κ1) is 12.0. The molecule has 1 aliphatic rings. The normalized spacial score (nSPS) is 35.6.